The fourth-order valence-electron chi connectivity index (χ4n) is 2.24. The summed E-state index contributed by atoms with van der Waals surface area (Å²) in [6.07, 6.45) is 2.75. The van der Waals surface area contributed by atoms with Crippen LogP contribution in [0.3, 0.4) is 0 Å². The quantitative estimate of drug-likeness (QED) is 0.717. The minimum atomic E-state index is -0.174. The van der Waals surface area contributed by atoms with Gasteiger partial charge in [0.25, 0.3) is 0 Å². The number of ether oxygens (including phenoxy) is 1. The van der Waals surface area contributed by atoms with Crippen LogP contribution >= 0.6 is 0 Å². The topological polar surface area (TPSA) is 50.4 Å². The van der Waals surface area contributed by atoms with Crippen LogP contribution < -0.4 is 15.4 Å². The van der Waals surface area contributed by atoms with Gasteiger partial charge in [-0.15, -0.1) is 0 Å². The van der Waals surface area contributed by atoms with Gasteiger partial charge in [0.1, 0.15) is 5.75 Å². The molecule has 2 aromatic rings. The van der Waals surface area contributed by atoms with Gasteiger partial charge in [-0.3, -0.25) is 0 Å². The maximum atomic E-state index is 11.8. The number of urea groups is 1. The van der Waals surface area contributed by atoms with Crippen LogP contribution in [0.15, 0.2) is 54.6 Å². The van der Waals surface area contributed by atoms with Crippen LogP contribution in [0.2, 0.25) is 0 Å². The number of anilines is 1. The lowest BCUT2D eigenvalue weighted by atomic mass is 10.1. The molecule has 0 saturated carbocycles. The van der Waals surface area contributed by atoms with Gasteiger partial charge in [0.05, 0.1) is 6.61 Å². The number of hydrogen-bond acceptors (Lipinski definition) is 2. The molecule has 4 nitrogen and oxygen atoms in total. The number of amides is 2. The number of carbonyl (C=O) groups excluding carboxylic acids is 1. The van der Waals surface area contributed by atoms with Gasteiger partial charge in [-0.05, 0) is 43.0 Å². The maximum Gasteiger partial charge on any atom is 0.319 e. The Hall–Kier alpha value is -2.49. The number of hydrogen-bond donors (Lipinski definition) is 2. The summed E-state index contributed by atoms with van der Waals surface area (Å²) in [6.45, 7) is 3.45. The lowest BCUT2D eigenvalue weighted by molar-refractivity contribution is 0.252. The van der Waals surface area contributed by atoms with E-state index in [0.717, 1.165) is 37.3 Å². The first-order valence-electron chi connectivity index (χ1n) is 8.10. The third kappa shape index (κ3) is 6.02. The molecule has 2 aromatic carbocycles. The number of benzene rings is 2. The largest absolute Gasteiger partial charge is 0.493 e. The molecule has 2 amide bonds. The SMILES string of the molecule is CCCOc1ccccc1CCCNC(=O)Nc1ccccc1. The van der Waals surface area contributed by atoms with Crippen molar-refractivity contribution < 1.29 is 9.53 Å². The second-order valence-electron chi connectivity index (χ2n) is 5.31. The lowest BCUT2D eigenvalue weighted by Gasteiger charge is -2.11. The van der Waals surface area contributed by atoms with Crippen LogP contribution in [0.5, 0.6) is 5.75 Å². The van der Waals surface area contributed by atoms with Crippen molar-refractivity contribution in [2.24, 2.45) is 0 Å². The molecule has 0 aliphatic rings. The number of rotatable bonds is 8. The minimum absolute atomic E-state index is 0.174. The first kappa shape index (κ1) is 16.9. The van der Waals surface area contributed by atoms with Crippen molar-refractivity contribution in [2.75, 3.05) is 18.5 Å². The predicted molar refractivity (Wildman–Crippen MR) is 94.0 cm³/mol. The van der Waals surface area contributed by atoms with Crippen molar-refractivity contribution >= 4 is 11.7 Å². The Bertz CT molecular complexity index is 599. The van der Waals surface area contributed by atoms with Crippen LogP contribution in [-0.4, -0.2) is 19.2 Å². The average molecular weight is 312 g/mol. The van der Waals surface area contributed by atoms with E-state index in [1.165, 1.54) is 5.56 Å². The van der Waals surface area contributed by atoms with Gasteiger partial charge in [-0.25, -0.2) is 4.79 Å². The van der Waals surface area contributed by atoms with Crippen LogP contribution in [-0.2, 0) is 6.42 Å². The van der Waals surface area contributed by atoms with Gasteiger partial charge in [-0.1, -0.05) is 43.3 Å². The van der Waals surface area contributed by atoms with E-state index >= 15 is 0 Å². The van der Waals surface area contributed by atoms with Gasteiger partial charge in [0.15, 0.2) is 0 Å². The molecule has 4 heteroatoms. The molecule has 0 aliphatic heterocycles. The van der Waals surface area contributed by atoms with E-state index in [1.54, 1.807) is 0 Å². The molecule has 0 saturated heterocycles. The number of aryl methyl sites for hydroxylation is 1. The highest BCUT2D eigenvalue weighted by molar-refractivity contribution is 5.89. The molecule has 2 rings (SSSR count). The summed E-state index contributed by atoms with van der Waals surface area (Å²) in [5.74, 6) is 0.947. The summed E-state index contributed by atoms with van der Waals surface area (Å²) in [5.41, 5.74) is 1.98. The second kappa shape index (κ2) is 9.51. The number of carbonyl (C=O) groups is 1. The van der Waals surface area contributed by atoms with E-state index in [4.69, 9.17) is 4.74 Å². The zero-order valence-electron chi connectivity index (χ0n) is 13.5. The smallest absolute Gasteiger partial charge is 0.319 e. The molecular weight excluding hydrogens is 288 g/mol. The Morgan fingerprint density at radius 1 is 1.04 bits per heavy atom. The standard InChI is InChI=1S/C19H24N2O2/c1-2-15-23-18-13-7-6-9-16(18)10-8-14-20-19(22)21-17-11-4-3-5-12-17/h3-7,9,11-13H,2,8,10,14-15H2,1H3,(H2,20,21,22). The second-order valence-corrected chi connectivity index (χ2v) is 5.31. The van der Waals surface area contributed by atoms with Crippen molar-refractivity contribution in [3.63, 3.8) is 0 Å². The molecule has 2 N–H and O–H groups in total. The van der Waals surface area contributed by atoms with Gasteiger partial charge in [0, 0.05) is 12.2 Å². The maximum absolute atomic E-state index is 11.8. The van der Waals surface area contributed by atoms with E-state index in [9.17, 15) is 4.79 Å². The third-order valence-electron chi connectivity index (χ3n) is 3.37. The fraction of sp³-hybridized carbons (Fsp3) is 0.316. The van der Waals surface area contributed by atoms with Gasteiger partial charge in [0.2, 0.25) is 0 Å². The van der Waals surface area contributed by atoms with E-state index < -0.39 is 0 Å². The van der Waals surface area contributed by atoms with Gasteiger partial charge < -0.3 is 15.4 Å². The highest BCUT2D eigenvalue weighted by atomic mass is 16.5. The number of para-hydroxylation sites is 2. The minimum Gasteiger partial charge on any atom is -0.493 e. The van der Waals surface area contributed by atoms with Crippen LogP contribution in [0.25, 0.3) is 0 Å². The molecule has 0 unspecified atom stereocenters. The van der Waals surface area contributed by atoms with E-state index in [0.29, 0.717) is 6.54 Å². The zero-order chi connectivity index (χ0) is 16.3. The molecule has 0 aromatic heterocycles. The fourth-order valence-corrected chi connectivity index (χ4v) is 2.24. The lowest BCUT2D eigenvalue weighted by Crippen LogP contribution is -2.29. The van der Waals surface area contributed by atoms with Gasteiger partial charge in [-0.2, -0.15) is 0 Å². The Labute approximate surface area is 137 Å². The molecule has 0 fully saturated rings. The highest BCUT2D eigenvalue weighted by Gasteiger charge is 2.04. The Morgan fingerprint density at radius 3 is 2.57 bits per heavy atom. The molecule has 0 bridgehead atoms. The van der Waals surface area contributed by atoms with Crippen molar-refractivity contribution in [2.45, 2.75) is 26.2 Å². The van der Waals surface area contributed by atoms with Crippen molar-refractivity contribution in [1.29, 1.82) is 0 Å². The van der Waals surface area contributed by atoms with Crippen molar-refractivity contribution in [3.8, 4) is 5.75 Å². The van der Waals surface area contributed by atoms with E-state index in [2.05, 4.69) is 23.6 Å². The van der Waals surface area contributed by atoms with Crippen molar-refractivity contribution in [1.82, 2.24) is 5.32 Å². The Morgan fingerprint density at radius 2 is 1.78 bits per heavy atom. The first-order chi connectivity index (χ1) is 11.3. The molecule has 0 heterocycles. The molecule has 122 valence electrons. The van der Waals surface area contributed by atoms with E-state index in [-0.39, 0.29) is 6.03 Å². The van der Waals surface area contributed by atoms with Crippen LogP contribution in [0, 0.1) is 0 Å². The highest BCUT2D eigenvalue weighted by Crippen LogP contribution is 2.19. The normalized spacial score (nSPS) is 10.1. The Balaban J connectivity index is 1.72. The summed E-state index contributed by atoms with van der Waals surface area (Å²) >= 11 is 0. The first-order valence-corrected chi connectivity index (χ1v) is 8.10. The van der Waals surface area contributed by atoms with Gasteiger partial charge >= 0.3 is 6.03 Å². The average Bonchev–Trinajstić information content (AvgIpc) is 2.58. The molecule has 0 atom stereocenters. The predicted octanol–water partition coefficient (Wildman–Crippen LogP) is 4.23. The summed E-state index contributed by atoms with van der Waals surface area (Å²) < 4.78 is 5.74. The zero-order valence-corrected chi connectivity index (χ0v) is 13.5. The van der Waals surface area contributed by atoms with Crippen LogP contribution in [0.1, 0.15) is 25.3 Å². The summed E-state index contributed by atoms with van der Waals surface area (Å²) in [5, 5.41) is 5.68. The molecule has 0 radical (unpaired) electrons. The van der Waals surface area contributed by atoms with E-state index in [1.807, 2.05) is 48.5 Å². The number of nitrogens with one attached hydrogen (secondary N) is 2. The summed E-state index contributed by atoms with van der Waals surface area (Å²) in [7, 11) is 0. The summed E-state index contributed by atoms with van der Waals surface area (Å²) in [6, 6.07) is 17.3. The monoisotopic (exact) mass is 312 g/mol. The third-order valence-corrected chi connectivity index (χ3v) is 3.37. The molecule has 0 aliphatic carbocycles. The Kier molecular flexibility index (Phi) is 6.98. The molecular formula is C19H24N2O2. The molecule has 0 spiro atoms. The summed E-state index contributed by atoms with van der Waals surface area (Å²) in [4.78, 5) is 11.8. The van der Waals surface area contributed by atoms with Crippen LogP contribution in [0.4, 0.5) is 10.5 Å². The molecule has 23 heavy (non-hydrogen) atoms. The van der Waals surface area contributed by atoms with Crippen molar-refractivity contribution in [3.05, 3.63) is 60.2 Å².